The minimum atomic E-state index is 0.0868. The Hall–Kier alpha value is -2.99. The van der Waals surface area contributed by atoms with Crippen LogP contribution in [-0.2, 0) is 0 Å². The number of rotatable bonds is 4. The summed E-state index contributed by atoms with van der Waals surface area (Å²) in [7, 11) is 5.42. The van der Waals surface area contributed by atoms with Gasteiger partial charge >= 0.3 is 0 Å². The minimum Gasteiger partial charge on any atom is -0.493 e. The van der Waals surface area contributed by atoms with E-state index in [0.717, 1.165) is 60.9 Å². The van der Waals surface area contributed by atoms with Gasteiger partial charge in [-0.25, -0.2) is 0 Å². The zero-order valence-corrected chi connectivity index (χ0v) is 19.0. The molecule has 3 unspecified atom stereocenters. The van der Waals surface area contributed by atoms with Crippen molar-refractivity contribution in [3.63, 3.8) is 0 Å². The van der Waals surface area contributed by atoms with E-state index in [1.165, 1.54) is 5.56 Å². The first-order valence-corrected chi connectivity index (χ1v) is 11.4. The summed E-state index contributed by atoms with van der Waals surface area (Å²) < 4.78 is 11.0. The molecular formula is C26H31N3O3. The molecule has 1 aliphatic carbocycles. The van der Waals surface area contributed by atoms with Gasteiger partial charge in [-0.15, -0.1) is 0 Å². The van der Waals surface area contributed by atoms with Crippen LogP contribution in [0.1, 0.15) is 39.9 Å². The highest BCUT2D eigenvalue weighted by atomic mass is 16.5. The van der Waals surface area contributed by atoms with Crippen LogP contribution in [0.15, 0.2) is 48.6 Å². The molecule has 2 aromatic carbocycles. The quantitative estimate of drug-likeness (QED) is 0.741. The number of fused-ring (bicyclic) bond motifs is 3. The molecule has 6 nitrogen and oxygen atoms in total. The van der Waals surface area contributed by atoms with Gasteiger partial charge in [0.2, 0.25) is 0 Å². The second-order valence-corrected chi connectivity index (χ2v) is 8.96. The van der Waals surface area contributed by atoms with Crippen molar-refractivity contribution in [1.82, 2.24) is 9.80 Å². The molecule has 0 spiro atoms. The summed E-state index contributed by atoms with van der Waals surface area (Å²) in [6.45, 7) is 3.36. The molecule has 32 heavy (non-hydrogen) atoms. The highest BCUT2D eigenvalue weighted by Gasteiger charge is 2.40. The third-order valence-corrected chi connectivity index (χ3v) is 7.18. The fourth-order valence-electron chi connectivity index (χ4n) is 5.36. The average molecular weight is 434 g/mol. The molecule has 0 saturated carbocycles. The highest BCUT2D eigenvalue weighted by molar-refractivity contribution is 6.01. The number of likely N-dealkylation sites (N-methyl/N-ethyl adjacent to an activating group) is 1. The first-order valence-electron chi connectivity index (χ1n) is 11.4. The first kappa shape index (κ1) is 20.9. The molecular weight excluding hydrogens is 402 g/mol. The van der Waals surface area contributed by atoms with Gasteiger partial charge in [0, 0.05) is 32.1 Å². The predicted octanol–water partition coefficient (Wildman–Crippen LogP) is 3.92. The van der Waals surface area contributed by atoms with Crippen LogP contribution in [-0.4, -0.2) is 63.2 Å². The second kappa shape index (κ2) is 8.51. The zero-order chi connectivity index (χ0) is 22.2. The fourth-order valence-corrected chi connectivity index (χ4v) is 5.36. The standard InChI is InChI=1S/C26H31N3O3/c1-28-12-14-29(15-13-28)26(30)21-9-5-8-20-18-6-4-7-19(18)24(27-25(20)21)17-10-11-22(31-2)23(16-17)32-3/h4-6,8-11,16,18-19,24,27H,7,12-15H2,1-3H3. The van der Waals surface area contributed by atoms with Gasteiger partial charge in [0.25, 0.3) is 5.91 Å². The Bertz CT molecular complexity index is 1040. The molecule has 2 heterocycles. The molecule has 0 aromatic heterocycles. The lowest BCUT2D eigenvalue weighted by Crippen LogP contribution is -2.47. The lowest BCUT2D eigenvalue weighted by atomic mass is 9.76. The molecule has 3 aliphatic rings. The molecule has 2 aliphatic heterocycles. The minimum absolute atomic E-state index is 0.0868. The molecule has 2 aromatic rings. The molecule has 1 fully saturated rings. The van der Waals surface area contributed by atoms with Gasteiger partial charge in [-0.05, 0) is 48.7 Å². The smallest absolute Gasteiger partial charge is 0.256 e. The van der Waals surface area contributed by atoms with Crippen LogP contribution in [0.3, 0.4) is 0 Å². The van der Waals surface area contributed by atoms with Crippen LogP contribution in [0.4, 0.5) is 5.69 Å². The molecule has 0 radical (unpaired) electrons. The van der Waals surface area contributed by atoms with Crippen molar-refractivity contribution >= 4 is 11.6 Å². The third-order valence-electron chi connectivity index (χ3n) is 7.18. The number of carbonyl (C=O) groups is 1. The van der Waals surface area contributed by atoms with E-state index in [-0.39, 0.29) is 11.9 Å². The summed E-state index contributed by atoms with van der Waals surface area (Å²) >= 11 is 0. The van der Waals surface area contributed by atoms with E-state index in [0.29, 0.717) is 11.8 Å². The maximum atomic E-state index is 13.5. The van der Waals surface area contributed by atoms with Gasteiger partial charge in [0.1, 0.15) is 0 Å². The van der Waals surface area contributed by atoms with E-state index in [4.69, 9.17) is 9.47 Å². The van der Waals surface area contributed by atoms with E-state index in [9.17, 15) is 4.79 Å². The molecule has 1 N–H and O–H groups in total. The fraction of sp³-hybridized carbons (Fsp3) is 0.423. The van der Waals surface area contributed by atoms with Crippen LogP contribution in [0.5, 0.6) is 11.5 Å². The van der Waals surface area contributed by atoms with E-state index in [2.05, 4.69) is 47.6 Å². The first-order chi connectivity index (χ1) is 15.6. The van der Waals surface area contributed by atoms with E-state index < -0.39 is 0 Å². The number of amides is 1. The van der Waals surface area contributed by atoms with Crippen LogP contribution in [0.2, 0.25) is 0 Å². The van der Waals surface area contributed by atoms with Crippen molar-refractivity contribution in [3.05, 3.63) is 65.2 Å². The Balaban J connectivity index is 1.52. The SMILES string of the molecule is COc1ccc(C2Nc3c(C(=O)N4CCN(C)CC4)cccc3C3C=CCC32)cc1OC. The summed E-state index contributed by atoms with van der Waals surface area (Å²) in [4.78, 5) is 17.8. The number of nitrogens with zero attached hydrogens (tertiary/aromatic N) is 2. The van der Waals surface area contributed by atoms with Crippen LogP contribution in [0.25, 0.3) is 0 Å². The van der Waals surface area contributed by atoms with Gasteiger partial charge in [-0.2, -0.15) is 0 Å². The molecule has 5 rings (SSSR count). The largest absolute Gasteiger partial charge is 0.493 e. The highest BCUT2D eigenvalue weighted by Crippen LogP contribution is 2.51. The predicted molar refractivity (Wildman–Crippen MR) is 126 cm³/mol. The number of nitrogens with one attached hydrogen (secondary N) is 1. The lowest BCUT2D eigenvalue weighted by Gasteiger charge is -2.39. The summed E-state index contributed by atoms with van der Waals surface area (Å²) in [5.74, 6) is 2.26. The number of carbonyl (C=O) groups excluding carboxylic acids is 1. The number of ether oxygens (including phenoxy) is 2. The Morgan fingerprint density at radius 2 is 1.81 bits per heavy atom. The van der Waals surface area contributed by atoms with E-state index in [1.807, 2.05) is 23.1 Å². The van der Waals surface area contributed by atoms with Crippen molar-refractivity contribution in [2.24, 2.45) is 5.92 Å². The summed E-state index contributed by atoms with van der Waals surface area (Å²) in [5, 5.41) is 3.78. The number of piperazine rings is 1. The number of para-hydroxylation sites is 1. The zero-order valence-electron chi connectivity index (χ0n) is 19.0. The Morgan fingerprint density at radius 1 is 1.03 bits per heavy atom. The van der Waals surface area contributed by atoms with Crippen LogP contribution < -0.4 is 14.8 Å². The molecule has 0 bridgehead atoms. The summed E-state index contributed by atoms with van der Waals surface area (Å²) in [6, 6.07) is 12.4. The lowest BCUT2D eigenvalue weighted by molar-refractivity contribution is 0.0664. The van der Waals surface area contributed by atoms with Gasteiger partial charge in [-0.3, -0.25) is 4.79 Å². The second-order valence-electron chi connectivity index (χ2n) is 8.96. The number of hydrogen-bond donors (Lipinski definition) is 1. The van der Waals surface area contributed by atoms with Crippen molar-refractivity contribution < 1.29 is 14.3 Å². The molecule has 168 valence electrons. The number of hydrogen-bond acceptors (Lipinski definition) is 5. The maximum Gasteiger partial charge on any atom is 0.256 e. The Kier molecular flexibility index (Phi) is 5.55. The number of anilines is 1. The maximum absolute atomic E-state index is 13.5. The van der Waals surface area contributed by atoms with Gasteiger partial charge in [0.05, 0.1) is 31.5 Å². The average Bonchev–Trinajstić information content (AvgIpc) is 3.33. The van der Waals surface area contributed by atoms with E-state index >= 15 is 0 Å². The van der Waals surface area contributed by atoms with Crippen LogP contribution in [0, 0.1) is 5.92 Å². The summed E-state index contributed by atoms with van der Waals surface area (Å²) in [6.07, 6.45) is 5.59. The Morgan fingerprint density at radius 3 is 2.56 bits per heavy atom. The van der Waals surface area contributed by atoms with Crippen LogP contribution >= 0.6 is 0 Å². The Labute approximate surface area is 189 Å². The van der Waals surface area contributed by atoms with Crippen molar-refractivity contribution in [1.29, 1.82) is 0 Å². The van der Waals surface area contributed by atoms with Crippen molar-refractivity contribution in [2.45, 2.75) is 18.4 Å². The van der Waals surface area contributed by atoms with Gasteiger partial charge in [-0.1, -0.05) is 30.4 Å². The molecule has 1 saturated heterocycles. The molecule has 1 amide bonds. The van der Waals surface area contributed by atoms with Crippen molar-refractivity contribution in [3.8, 4) is 11.5 Å². The van der Waals surface area contributed by atoms with E-state index in [1.54, 1.807) is 14.2 Å². The normalized spacial score (nSPS) is 24.5. The monoisotopic (exact) mass is 433 g/mol. The number of benzene rings is 2. The molecule has 6 heteroatoms. The van der Waals surface area contributed by atoms with Gasteiger partial charge < -0.3 is 24.6 Å². The topological polar surface area (TPSA) is 54.0 Å². The number of methoxy groups -OCH3 is 2. The number of allylic oxidation sites excluding steroid dienone is 2. The third kappa shape index (κ3) is 3.52. The van der Waals surface area contributed by atoms with Gasteiger partial charge in [0.15, 0.2) is 11.5 Å². The van der Waals surface area contributed by atoms with Crippen molar-refractivity contribution in [2.75, 3.05) is 52.8 Å². The molecule has 3 atom stereocenters. The summed E-state index contributed by atoms with van der Waals surface area (Å²) in [5.41, 5.74) is 4.12.